The predicted molar refractivity (Wildman–Crippen MR) is 75.6 cm³/mol. The molecule has 1 fully saturated rings. The SMILES string of the molecule is NS(=O)(=O)CC1CC(=O)N(Cc2ccccc2Br)C1. The van der Waals surface area contributed by atoms with Crippen LogP contribution in [0.25, 0.3) is 0 Å². The molecule has 1 aromatic carbocycles. The highest BCUT2D eigenvalue weighted by molar-refractivity contribution is 9.10. The molecule has 2 N–H and O–H groups in total. The van der Waals surface area contributed by atoms with E-state index in [1.54, 1.807) is 4.90 Å². The van der Waals surface area contributed by atoms with E-state index in [0.717, 1.165) is 10.0 Å². The number of likely N-dealkylation sites (tertiary alicyclic amines) is 1. The van der Waals surface area contributed by atoms with Crippen molar-refractivity contribution < 1.29 is 13.2 Å². The number of hydrogen-bond acceptors (Lipinski definition) is 3. The number of nitrogens with two attached hydrogens (primary N) is 1. The molecule has 1 unspecified atom stereocenters. The van der Waals surface area contributed by atoms with Crippen molar-refractivity contribution in [2.45, 2.75) is 13.0 Å². The number of amides is 1. The van der Waals surface area contributed by atoms with Crippen LogP contribution in [-0.2, 0) is 21.4 Å². The first kappa shape index (κ1) is 14.5. The minimum atomic E-state index is -3.52. The molecular formula is C12H15BrN2O3S. The summed E-state index contributed by atoms with van der Waals surface area (Å²) in [6.07, 6.45) is 0.251. The van der Waals surface area contributed by atoms with Gasteiger partial charge in [-0.15, -0.1) is 0 Å². The average Bonchev–Trinajstić information content (AvgIpc) is 2.60. The van der Waals surface area contributed by atoms with Crippen LogP contribution in [0.5, 0.6) is 0 Å². The zero-order valence-corrected chi connectivity index (χ0v) is 12.7. The first-order valence-corrected chi connectivity index (χ1v) is 8.37. The number of primary sulfonamides is 1. The Morgan fingerprint density at radius 1 is 1.37 bits per heavy atom. The van der Waals surface area contributed by atoms with Crippen LogP contribution in [0.3, 0.4) is 0 Å². The molecular weight excluding hydrogens is 332 g/mol. The lowest BCUT2D eigenvalue weighted by molar-refractivity contribution is -0.128. The Labute approximate surface area is 121 Å². The van der Waals surface area contributed by atoms with Crippen LogP contribution in [0.1, 0.15) is 12.0 Å². The van der Waals surface area contributed by atoms with Crippen molar-refractivity contribution in [3.63, 3.8) is 0 Å². The highest BCUT2D eigenvalue weighted by Crippen LogP contribution is 2.24. The highest BCUT2D eigenvalue weighted by atomic mass is 79.9. The first-order valence-electron chi connectivity index (χ1n) is 5.87. The number of carbonyl (C=O) groups excluding carboxylic acids is 1. The maximum Gasteiger partial charge on any atom is 0.223 e. The van der Waals surface area contributed by atoms with Gasteiger partial charge in [0, 0.05) is 29.9 Å². The molecule has 1 heterocycles. The van der Waals surface area contributed by atoms with Crippen molar-refractivity contribution in [1.82, 2.24) is 4.90 Å². The van der Waals surface area contributed by atoms with Gasteiger partial charge in [-0.25, -0.2) is 13.6 Å². The molecule has 7 heteroatoms. The molecule has 0 aromatic heterocycles. The number of sulfonamides is 1. The molecule has 1 saturated heterocycles. The summed E-state index contributed by atoms with van der Waals surface area (Å²) in [7, 11) is -3.52. The van der Waals surface area contributed by atoms with Crippen molar-refractivity contribution in [1.29, 1.82) is 0 Å². The summed E-state index contributed by atoms with van der Waals surface area (Å²) in [4.78, 5) is 13.5. The number of benzene rings is 1. The number of halogens is 1. The van der Waals surface area contributed by atoms with Gasteiger partial charge >= 0.3 is 0 Å². The third-order valence-corrected chi connectivity index (χ3v) is 4.79. The second kappa shape index (κ2) is 5.60. The fourth-order valence-electron chi connectivity index (χ4n) is 2.28. The molecule has 0 bridgehead atoms. The van der Waals surface area contributed by atoms with Crippen molar-refractivity contribution in [3.8, 4) is 0 Å². The Kier molecular flexibility index (Phi) is 4.27. The number of carbonyl (C=O) groups is 1. The molecule has 0 aliphatic carbocycles. The van der Waals surface area contributed by atoms with E-state index in [4.69, 9.17) is 5.14 Å². The van der Waals surface area contributed by atoms with Gasteiger partial charge in [-0.1, -0.05) is 34.1 Å². The summed E-state index contributed by atoms with van der Waals surface area (Å²) in [6, 6.07) is 7.66. The third-order valence-electron chi connectivity index (χ3n) is 3.08. The zero-order chi connectivity index (χ0) is 14.0. The van der Waals surface area contributed by atoms with Gasteiger partial charge in [0.05, 0.1) is 5.75 Å². The lowest BCUT2D eigenvalue weighted by Gasteiger charge is -2.17. The van der Waals surface area contributed by atoms with Crippen LogP contribution in [0, 0.1) is 5.92 Å². The largest absolute Gasteiger partial charge is 0.338 e. The lowest BCUT2D eigenvalue weighted by atomic mass is 10.1. The predicted octanol–water partition coefficient (Wildman–Crippen LogP) is 1.09. The summed E-state index contributed by atoms with van der Waals surface area (Å²) in [6.45, 7) is 0.929. The van der Waals surface area contributed by atoms with Gasteiger partial charge in [0.15, 0.2) is 0 Å². The number of nitrogens with zero attached hydrogens (tertiary/aromatic N) is 1. The van der Waals surface area contributed by atoms with Crippen molar-refractivity contribution in [3.05, 3.63) is 34.3 Å². The maximum atomic E-state index is 11.9. The van der Waals surface area contributed by atoms with Crippen LogP contribution < -0.4 is 5.14 Å². The summed E-state index contributed by atoms with van der Waals surface area (Å²) >= 11 is 3.43. The van der Waals surface area contributed by atoms with E-state index in [-0.39, 0.29) is 24.0 Å². The normalized spacial score (nSPS) is 20.0. The Hall–Kier alpha value is -0.920. The Balaban J connectivity index is 2.03. The van der Waals surface area contributed by atoms with Gasteiger partial charge in [-0.05, 0) is 11.6 Å². The molecule has 0 saturated carbocycles. The molecule has 1 atom stereocenters. The second-order valence-corrected chi connectivity index (χ2v) is 7.28. The smallest absolute Gasteiger partial charge is 0.223 e. The molecule has 1 aromatic rings. The number of hydrogen-bond donors (Lipinski definition) is 1. The van der Waals surface area contributed by atoms with Crippen molar-refractivity contribution in [2.75, 3.05) is 12.3 Å². The van der Waals surface area contributed by atoms with Gasteiger partial charge < -0.3 is 4.90 Å². The lowest BCUT2D eigenvalue weighted by Crippen LogP contribution is -2.27. The van der Waals surface area contributed by atoms with Gasteiger partial charge in [0.25, 0.3) is 0 Å². The first-order chi connectivity index (χ1) is 8.85. The van der Waals surface area contributed by atoms with Gasteiger partial charge in [0.2, 0.25) is 15.9 Å². The van der Waals surface area contributed by atoms with Crippen LogP contribution in [0.15, 0.2) is 28.7 Å². The van der Waals surface area contributed by atoms with E-state index >= 15 is 0 Å². The second-order valence-electron chi connectivity index (χ2n) is 4.77. The van der Waals surface area contributed by atoms with Crippen LogP contribution >= 0.6 is 15.9 Å². The van der Waals surface area contributed by atoms with Crippen LogP contribution in [-0.4, -0.2) is 31.5 Å². The van der Waals surface area contributed by atoms with E-state index in [0.29, 0.717) is 13.1 Å². The summed E-state index contributed by atoms with van der Waals surface area (Å²) < 4.78 is 23.0. The fourth-order valence-corrected chi connectivity index (χ4v) is 3.57. The molecule has 1 aliphatic heterocycles. The molecule has 1 amide bonds. The highest BCUT2D eigenvalue weighted by Gasteiger charge is 2.31. The van der Waals surface area contributed by atoms with E-state index < -0.39 is 10.0 Å². The summed E-state index contributed by atoms with van der Waals surface area (Å²) in [5.41, 5.74) is 1.01. The van der Waals surface area contributed by atoms with E-state index in [9.17, 15) is 13.2 Å². The van der Waals surface area contributed by atoms with Crippen LogP contribution in [0.4, 0.5) is 0 Å². The Morgan fingerprint density at radius 3 is 2.68 bits per heavy atom. The average molecular weight is 347 g/mol. The minimum absolute atomic E-state index is 0.0237. The minimum Gasteiger partial charge on any atom is -0.338 e. The molecule has 5 nitrogen and oxygen atoms in total. The summed E-state index contributed by atoms with van der Waals surface area (Å²) in [5, 5.41) is 5.02. The number of rotatable bonds is 4. The molecule has 104 valence electrons. The monoisotopic (exact) mass is 346 g/mol. The van der Waals surface area contributed by atoms with Gasteiger partial charge in [-0.3, -0.25) is 4.79 Å². The molecule has 0 spiro atoms. The molecule has 1 aliphatic rings. The van der Waals surface area contributed by atoms with E-state index in [2.05, 4.69) is 15.9 Å². The fraction of sp³-hybridized carbons (Fsp3) is 0.417. The Bertz CT molecular complexity index is 588. The third kappa shape index (κ3) is 4.02. The maximum absolute atomic E-state index is 11.9. The van der Waals surface area contributed by atoms with Crippen molar-refractivity contribution in [2.24, 2.45) is 11.1 Å². The standard InChI is InChI=1S/C12H15BrN2O3S/c13-11-4-2-1-3-10(11)7-15-6-9(5-12(15)16)8-19(14,17)18/h1-4,9H,5-8H2,(H2,14,17,18). The van der Waals surface area contributed by atoms with Gasteiger partial charge in [0.1, 0.15) is 0 Å². The van der Waals surface area contributed by atoms with E-state index in [1.165, 1.54) is 0 Å². The van der Waals surface area contributed by atoms with Crippen molar-refractivity contribution >= 4 is 31.9 Å². The topological polar surface area (TPSA) is 80.5 Å². The van der Waals surface area contributed by atoms with Crippen LogP contribution in [0.2, 0.25) is 0 Å². The summed E-state index contributed by atoms with van der Waals surface area (Å²) in [5.74, 6) is -0.361. The quantitative estimate of drug-likeness (QED) is 0.885. The van der Waals surface area contributed by atoms with Gasteiger partial charge in [-0.2, -0.15) is 0 Å². The van der Waals surface area contributed by atoms with E-state index in [1.807, 2.05) is 24.3 Å². The molecule has 19 heavy (non-hydrogen) atoms. The molecule has 2 rings (SSSR count). The molecule has 0 radical (unpaired) electrons. The zero-order valence-electron chi connectivity index (χ0n) is 10.3. The Morgan fingerprint density at radius 2 is 2.05 bits per heavy atom.